The minimum atomic E-state index is 0.171. The summed E-state index contributed by atoms with van der Waals surface area (Å²) in [4.78, 5) is 0. The van der Waals surface area contributed by atoms with Crippen LogP contribution in [0.25, 0.3) is 0 Å². The van der Waals surface area contributed by atoms with Crippen LogP contribution >= 0.6 is 0 Å². The molecular weight excluding hydrogens is 128 g/mol. The molecule has 0 amide bonds. The van der Waals surface area contributed by atoms with Gasteiger partial charge in [-0.05, 0) is 0 Å². The Kier molecular flexibility index (Phi) is 1.58. The second kappa shape index (κ2) is 2.56. The van der Waals surface area contributed by atoms with Crippen molar-refractivity contribution in [1.82, 2.24) is 10.6 Å². The summed E-state index contributed by atoms with van der Waals surface area (Å²) in [6.45, 7) is 0. The molecule has 1 rings (SSSR count). The molecule has 0 saturated heterocycles. The molecule has 0 aromatic carbocycles. The quantitative estimate of drug-likeness (QED) is 0.340. The van der Waals surface area contributed by atoms with Gasteiger partial charge in [-0.15, -0.1) is 0 Å². The highest BCUT2D eigenvalue weighted by Gasteiger charge is 2.08. The lowest BCUT2D eigenvalue weighted by molar-refractivity contribution is -0.0910. The van der Waals surface area contributed by atoms with E-state index in [-0.39, 0.29) is 5.57 Å². The summed E-state index contributed by atoms with van der Waals surface area (Å²) in [7, 11) is 0. The van der Waals surface area contributed by atoms with Gasteiger partial charge in [0, 0.05) is 12.4 Å². The number of nitriles is 1. The van der Waals surface area contributed by atoms with E-state index in [0.717, 1.165) is 0 Å². The van der Waals surface area contributed by atoms with Crippen molar-refractivity contribution < 1.29 is 5.26 Å². The van der Waals surface area contributed by atoms with Crippen molar-refractivity contribution in [3.63, 3.8) is 0 Å². The molecule has 10 heavy (non-hydrogen) atoms. The molecule has 1 aliphatic heterocycles. The number of hydrogen-bond acceptors (Lipinski definition) is 3. The average molecular weight is 133 g/mol. The smallest absolute Gasteiger partial charge is 0.323 e. The van der Waals surface area contributed by atoms with E-state index in [2.05, 4.69) is 10.6 Å². The maximum absolute atomic E-state index is 8.39. The van der Waals surface area contributed by atoms with Gasteiger partial charge < -0.3 is 10.6 Å². The Morgan fingerprint density at radius 3 is 2.50 bits per heavy atom. The summed E-state index contributed by atoms with van der Waals surface area (Å²) in [5, 5.41) is 20.6. The zero-order valence-corrected chi connectivity index (χ0v) is 5.10. The first kappa shape index (κ1) is 6.18. The molecule has 1 heterocycles. The van der Waals surface area contributed by atoms with Gasteiger partial charge in [-0.25, -0.2) is 0 Å². The molecule has 4 nitrogen and oxygen atoms in total. The van der Waals surface area contributed by atoms with Gasteiger partial charge in [0.15, 0.2) is 0 Å². The van der Waals surface area contributed by atoms with Crippen molar-refractivity contribution in [2.24, 2.45) is 0 Å². The highest BCUT2D eigenvalue weighted by molar-refractivity contribution is 5.40. The average Bonchev–Trinajstić information content (AvgIpc) is 2.43. The first-order chi connectivity index (χ1) is 4.88. The fourth-order valence-corrected chi connectivity index (χ4v) is 0.582. The van der Waals surface area contributed by atoms with E-state index in [0.29, 0.717) is 5.82 Å². The number of rotatable bonds is 0. The predicted octanol–water partition coefficient (Wildman–Crippen LogP) is -1.84. The summed E-state index contributed by atoms with van der Waals surface area (Å²) < 4.78 is 0. The molecule has 0 aliphatic carbocycles. The molecule has 0 aromatic rings. The zero-order valence-electron chi connectivity index (χ0n) is 5.10. The van der Waals surface area contributed by atoms with E-state index in [1.54, 1.807) is 12.4 Å². The van der Waals surface area contributed by atoms with E-state index >= 15 is 0 Å². The van der Waals surface area contributed by atoms with Crippen LogP contribution in [-0.4, -0.2) is 0 Å². The van der Waals surface area contributed by atoms with Gasteiger partial charge in [-0.3, -0.25) is 0 Å². The Morgan fingerprint density at radius 1 is 1.50 bits per heavy atom. The Bertz CT molecular complexity index is 247. The molecule has 0 aromatic heterocycles. The third-order valence-corrected chi connectivity index (χ3v) is 1.03. The number of allylic oxidation sites excluding steroid dienone is 1. The Balaban J connectivity index is 2.88. The van der Waals surface area contributed by atoms with Gasteiger partial charge in [0.2, 0.25) is 5.57 Å². The number of nitrogens with one attached hydrogen (secondary N) is 3. The largest absolute Gasteiger partial charge is 0.345 e. The van der Waals surface area contributed by atoms with Crippen molar-refractivity contribution >= 4 is 0 Å². The molecule has 1 aliphatic rings. The lowest BCUT2D eigenvalue weighted by Gasteiger charge is -1.94. The zero-order chi connectivity index (χ0) is 7.40. The van der Waals surface area contributed by atoms with Crippen LogP contribution in [0, 0.1) is 17.4 Å². The van der Waals surface area contributed by atoms with Crippen molar-refractivity contribution in [3.05, 3.63) is 23.8 Å². The molecule has 0 saturated carbocycles. The van der Waals surface area contributed by atoms with Crippen LogP contribution in [0.5, 0.6) is 0 Å². The van der Waals surface area contributed by atoms with Gasteiger partial charge in [0.05, 0.1) is 0 Å². The maximum atomic E-state index is 8.39. The van der Waals surface area contributed by atoms with E-state index in [4.69, 9.17) is 10.5 Å². The topological polar surface area (TPSA) is 71.7 Å². The molecule has 4 heteroatoms. The van der Waals surface area contributed by atoms with Gasteiger partial charge >= 0.3 is 6.07 Å². The van der Waals surface area contributed by atoms with E-state index in [1.165, 1.54) is 0 Å². The first-order valence-corrected chi connectivity index (χ1v) is 2.63. The summed E-state index contributed by atoms with van der Waals surface area (Å²) >= 11 is 0. The number of hydrogen-bond donors (Lipinski definition) is 3. The standard InChI is InChI=1S/C6H4N4/c7-3-5(4-8)6-9-1-2-10-6/h1-2,9-10H/p+1. The molecule has 48 valence electrons. The maximum Gasteiger partial charge on any atom is 0.323 e. The molecule has 0 spiro atoms. The highest BCUT2D eigenvalue weighted by atomic mass is 15.1. The third kappa shape index (κ3) is 0.910. The molecule has 0 atom stereocenters. The number of nitrogens with zero attached hydrogens (tertiary/aromatic N) is 1. The summed E-state index contributed by atoms with van der Waals surface area (Å²) in [6.07, 6.45) is 3.29. The van der Waals surface area contributed by atoms with Crippen LogP contribution in [-0.2, 0) is 0 Å². The second-order valence-corrected chi connectivity index (χ2v) is 1.61. The predicted molar refractivity (Wildman–Crippen MR) is 32.9 cm³/mol. The van der Waals surface area contributed by atoms with Crippen molar-refractivity contribution in [2.75, 3.05) is 0 Å². The first-order valence-electron chi connectivity index (χ1n) is 2.63. The normalized spacial score (nSPS) is 12.8. The molecule has 0 fully saturated rings. The lowest BCUT2D eigenvalue weighted by atomic mass is 10.3. The molecule has 3 N–H and O–H groups in total. The molecular formula is C6H5N4+. The Labute approximate surface area is 58.1 Å². The van der Waals surface area contributed by atoms with E-state index < -0.39 is 0 Å². The van der Waals surface area contributed by atoms with Crippen LogP contribution in [0.15, 0.2) is 23.8 Å². The minimum Gasteiger partial charge on any atom is -0.345 e. The van der Waals surface area contributed by atoms with Crippen molar-refractivity contribution in [1.29, 1.82) is 5.26 Å². The van der Waals surface area contributed by atoms with Gasteiger partial charge in [0.1, 0.15) is 11.9 Å². The monoisotopic (exact) mass is 133 g/mol. The van der Waals surface area contributed by atoms with Crippen LogP contribution in [0.1, 0.15) is 0 Å². The second-order valence-electron chi connectivity index (χ2n) is 1.61. The minimum absolute atomic E-state index is 0.171. The van der Waals surface area contributed by atoms with Crippen LogP contribution in [0.3, 0.4) is 0 Å². The molecule has 0 bridgehead atoms. The van der Waals surface area contributed by atoms with Gasteiger partial charge in [-0.2, -0.15) is 5.26 Å². The summed E-state index contributed by atoms with van der Waals surface area (Å²) in [6, 6.07) is 3.81. The Hall–Kier alpha value is -1.94. The van der Waals surface area contributed by atoms with Gasteiger partial charge in [-0.1, -0.05) is 5.26 Å². The van der Waals surface area contributed by atoms with E-state index in [9.17, 15) is 0 Å². The Morgan fingerprint density at radius 2 is 2.10 bits per heavy atom. The highest BCUT2D eigenvalue weighted by Crippen LogP contribution is 1.97. The molecule has 0 radical (unpaired) electrons. The van der Waals surface area contributed by atoms with Crippen molar-refractivity contribution in [3.8, 4) is 12.1 Å². The third-order valence-electron chi connectivity index (χ3n) is 1.03. The fraction of sp³-hybridized carbons (Fsp3) is 0. The summed E-state index contributed by atoms with van der Waals surface area (Å²) in [5.74, 6) is 0.512. The van der Waals surface area contributed by atoms with Crippen LogP contribution in [0.4, 0.5) is 0 Å². The van der Waals surface area contributed by atoms with Gasteiger partial charge in [0.25, 0.3) is 0 Å². The summed E-state index contributed by atoms with van der Waals surface area (Å²) in [5.41, 5.74) is 0.171. The van der Waals surface area contributed by atoms with Crippen LogP contribution < -0.4 is 15.9 Å². The van der Waals surface area contributed by atoms with Crippen molar-refractivity contribution in [2.45, 2.75) is 0 Å². The SMILES string of the molecule is N#CC(C#[NH+])=C1NC=CN1. The molecule has 0 unspecified atom stereocenters. The van der Waals surface area contributed by atoms with Crippen LogP contribution in [0.2, 0.25) is 0 Å². The van der Waals surface area contributed by atoms with E-state index in [1.807, 2.05) is 12.1 Å². The lowest BCUT2D eigenvalue weighted by Crippen LogP contribution is -2.20. The fourth-order valence-electron chi connectivity index (χ4n) is 0.582.